The summed E-state index contributed by atoms with van der Waals surface area (Å²) in [5.41, 5.74) is 1.18. The number of carbonyl (C=O) groups excluding carboxylic acids is 1. The molecule has 0 saturated heterocycles. The smallest absolute Gasteiger partial charge is 0.236 e. The van der Waals surface area contributed by atoms with E-state index in [0.717, 1.165) is 22.9 Å². The van der Waals surface area contributed by atoms with E-state index < -0.39 is 0 Å². The van der Waals surface area contributed by atoms with Crippen LogP contribution in [0.25, 0.3) is 0 Å². The minimum absolute atomic E-state index is 0.0151. The first kappa shape index (κ1) is 12.7. The van der Waals surface area contributed by atoms with Gasteiger partial charge in [-0.3, -0.25) is 4.79 Å². The molecular weight excluding hydrogens is 276 g/mol. The fourth-order valence-electron chi connectivity index (χ4n) is 2.06. The number of hydrogen-bond acceptors (Lipinski definition) is 4. The predicted octanol–water partition coefficient (Wildman–Crippen LogP) is 3.36. The number of amides is 1. The van der Waals surface area contributed by atoms with Crippen LogP contribution in [0, 0.1) is 0 Å². The van der Waals surface area contributed by atoms with Gasteiger partial charge in [0.05, 0.1) is 11.4 Å². The molecule has 1 aromatic heterocycles. The zero-order chi connectivity index (χ0) is 13.1. The number of carbonyl (C=O) groups is 1. The van der Waals surface area contributed by atoms with E-state index in [-0.39, 0.29) is 5.91 Å². The average molecular weight is 290 g/mol. The molecule has 0 saturated carbocycles. The van der Waals surface area contributed by atoms with Crippen molar-refractivity contribution in [3.63, 3.8) is 0 Å². The fraction of sp³-hybridized carbons (Fsp3) is 0.286. The maximum Gasteiger partial charge on any atom is 0.236 e. The summed E-state index contributed by atoms with van der Waals surface area (Å²) in [4.78, 5) is 18.8. The monoisotopic (exact) mass is 290 g/mol. The number of nitrogens with one attached hydrogen (secondary N) is 1. The molecule has 0 atom stereocenters. The summed E-state index contributed by atoms with van der Waals surface area (Å²) in [6.07, 6.45) is 3.37. The molecule has 1 heterocycles. The third kappa shape index (κ3) is 3.16. The molecule has 3 nitrogen and oxygen atoms in total. The highest BCUT2D eigenvalue weighted by Gasteiger charge is 2.17. The fourth-order valence-corrected chi connectivity index (χ4v) is 3.85. The molecule has 2 aromatic rings. The maximum atomic E-state index is 11.8. The maximum absolute atomic E-state index is 11.8. The lowest BCUT2D eigenvalue weighted by atomic mass is 10.4. The van der Waals surface area contributed by atoms with Gasteiger partial charge in [-0.05, 0) is 31.4 Å². The van der Waals surface area contributed by atoms with Crippen molar-refractivity contribution in [2.45, 2.75) is 24.2 Å². The van der Waals surface area contributed by atoms with Gasteiger partial charge in [0.15, 0.2) is 5.13 Å². The Hall–Kier alpha value is -1.33. The summed E-state index contributed by atoms with van der Waals surface area (Å²) in [7, 11) is 0. The quantitative estimate of drug-likeness (QED) is 0.878. The normalized spacial score (nSPS) is 13.3. The van der Waals surface area contributed by atoms with Gasteiger partial charge in [0.1, 0.15) is 0 Å². The molecule has 0 aliphatic heterocycles. The van der Waals surface area contributed by atoms with Gasteiger partial charge in [-0.15, -0.1) is 23.1 Å². The van der Waals surface area contributed by atoms with E-state index in [4.69, 9.17) is 0 Å². The van der Waals surface area contributed by atoms with Crippen molar-refractivity contribution >= 4 is 34.1 Å². The molecule has 5 heteroatoms. The first-order valence-corrected chi connectivity index (χ1v) is 8.08. The zero-order valence-electron chi connectivity index (χ0n) is 10.4. The van der Waals surface area contributed by atoms with Crippen LogP contribution in [0.3, 0.4) is 0 Å². The molecule has 0 bridgehead atoms. The molecule has 1 N–H and O–H groups in total. The second-order valence-corrected chi connectivity index (χ2v) is 6.52. The van der Waals surface area contributed by atoms with Crippen LogP contribution in [0.4, 0.5) is 5.13 Å². The zero-order valence-corrected chi connectivity index (χ0v) is 12.0. The van der Waals surface area contributed by atoms with E-state index in [0.29, 0.717) is 5.75 Å². The highest BCUT2D eigenvalue weighted by atomic mass is 32.2. The van der Waals surface area contributed by atoms with Gasteiger partial charge in [-0.2, -0.15) is 0 Å². The van der Waals surface area contributed by atoms with Crippen molar-refractivity contribution in [1.82, 2.24) is 4.98 Å². The number of anilines is 1. The number of nitrogens with zero attached hydrogens (tertiary/aromatic N) is 1. The topological polar surface area (TPSA) is 42.0 Å². The van der Waals surface area contributed by atoms with Gasteiger partial charge in [-0.1, -0.05) is 18.2 Å². The van der Waals surface area contributed by atoms with Crippen molar-refractivity contribution in [2.75, 3.05) is 11.1 Å². The van der Waals surface area contributed by atoms with E-state index in [1.807, 2.05) is 30.3 Å². The Kier molecular flexibility index (Phi) is 3.84. The Morgan fingerprint density at radius 2 is 2.16 bits per heavy atom. The Balaban J connectivity index is 1.53. The van der Waals surface area contributed by atoms with Gasteiger partial charge in [0, 0.05) is 9.77 Å². The molecule has 98 valence electrons. The van der Waals surface area contributed by atoms with Crippen molar-refractivity contribution < 1.29 is 4.79 Å². The number of benzene rings is 1. The summed E-state index contributed by atoms with van der Waals surface area (Å²) >= 11 is 3.16. The lowest BCUT2D eigenvalue weighted by Gasteiger charge is -2.02. The second kappa shape index (κ2) is 5.75. The van der Waals surface area contributed by atoms with Crippen LogP contribution in [-0.2, 0) is 17.6 Å². The Morgan fingerprint density at radius 3 is 2.95 bits per heavy atom. The standard InChI is InChI=1S/C14H14N2OS2/c17-13(9-18-10-5-2-1-3-6-10)16-14-15-11-7-4-8-12(11)19-14/h1-3,5-6H,4,7-9H2,(H,15,16,17). The minimum Gasteiger partial charge on any atom is -0.301 e. The van der Waals surface area contributed by atoms with E-state index in [9.17, 15) is 4.79 Å². The van der Waals surface area contributed by atoms with Crippen LogP contribution in [-0.4, -0.2) is 16.6 Å². The lowest BCUT2D eigenvalue weighted by molar-refractivity contribution is -0.113. The number of thioether (sulfide) groups is 1. The molecule has 3 rings (SSSR count). The third-order valence-corrected chi connectivity index (χ3v) is 5.04. The van der Waals surface area contributed by atoms with Gasteiger partial charge in [-0.25, -0.2) is 4.98 Å². The van der Waals surface area contributed by atoms with Crippen LogP contribution in [0.5, 0.6) is 0 Å². The number of rotatable bonds is 4. The molecule has 1 aromatic carbocycles. The van der Waals surface area contributed by atoms with Gasteiger partial charge in [0.2, 0.25) is 5.91 Å². The summed E-state index contributed by atoms with van der Waals surface area (Å²) in [6.45, 7) is 0. The van der Waals surface area contributed by atoms with Crippen LogP contribution < -0.4 is 5.32 Å². The van der Waals surface area contributed by atoms with E-state index in [1.54, 1.807) is 23.1 Å². The van der Waals surface area contributed by atoms with E-state index >= 15 is 0 Å². The van der Waals surface area contributed by atoms with Crippen molar-refractivity contribution in [3.8, 4) is 0 Å². The van der Waals surface area contributed by atoms with Crippen LogP contribution in [0.1, 0.15) is 17.0 Å². The van der Waals surface area contributed by atoms with Crippen LogP contribution >= 0.6 is 23.1 Å². The number of hydrogen-bond donors (Lipinski definition) is 1. The molecule has 19 heavy (non-hydrogen) atoms. The van der Waals surface area contributed by atoms with Gasteiger partial charge in [0.25, 0.3) is 0 Å². The van der Waals surface area contributed by atoms with E-state index in [1.165, 1.54) is 17.0 Å². The Labute approximate surface area is 120 Å². The van der Waals surface area contributed by atoms with Crippen LogP contribution in [0.2, 0.25) is 0 Å². The summed E-state index contributed by atoms with van der Waals surface area (Å²) < 4.78 is 0. The summed E-state index contributed by atoms with van der Waals surface area (Å²) in [6, 6.07) is 9.95. The predicted molar refractivity (Wildman–Crippen MR) is 79.9 cm³/mol. The molecule has 1 amide bonds. The SMILES string of the molecule is O=C(CSc1ccccc1)Nc1nc2c(s1)CCC2. The lowest BCUT2D eigenvalue weighted by Crippen LogP contribution is -2.13. The van der Waals surface area contributed by atoms with Gasteiger partial charge < -0.3 is 5.32 Å². The van der Waals surface area contributed by atoms with Crippen molar-refractivity contribution in [1.29, 1.82) is 0 Å². The van der Waals surface area contributed by atoms with Crippen LogP contribution in [0.15, 0.2) is 35.2 Å². The average Bonchev–Trinajstić information content (AvgIpc) is 2.98. The molecule has 1 aliphatic rings. The number of aromatic nitrogens is 1. The Bertz CT molecular complexity index is 559. The first-order chi connectivity index (χ1) is 9.31. The first-order valence-electron chi connectivity index (χ1n) is 6.27. The highest BCUT2D eigenvalue weighted by molar-refractivity contribution is 8.00. The molecule has 0 spiro atoms. The highest BCUT2D eigenvalue weighted by Crippen LogP contribution is 2.30. The summed E-state index contributed by atoms with van der Waals surface area (Å²) in [5, 5.41) is 3.64. The third-order valence-electron chi connectivity index (χ3n) is 2.96. The number of fused-ring (bicyclic) bond motifs is 1. The number of thiazole rings is 1. The van der Waals surface area contributed by atoms with Gasteiger partial charge >= 0.3 is 0 Å². The molecule has 0 fully saturated rings. The second-order valence-electron chi connectivity index (χ2n) is 4.39. The largest absolute Gasteiger partial charge is 0.301 e. The molecular formula is C14H14N2OS2. The molecule has 0 unspecified atom stereocenters. The summed E-state index contributed by atoms with van der Waals surface area (Å²) in [5.74, 6) is 0.440. The van der Waals surface area contributed by atoms with E-state index in [2.05, 4.69) is 10.3 Å². The Morgan fingerprint density at radius 1 is 1.32 bits per heavy atom. The van der Waals surface area contributed by atoms with Crippen molar-refractivity contribution in [2.24, 2.45) is 0 Å². The molecule has 0 radical (unpaired) electrons. The molecule has 1 aliphatic carbocycles. The minimum atomic E-state index is 0.0151. The van der Waals surface area contributed by atoms with Crippen molar-refractivity contribution in [3.05, 3.63) is 40.9 Å². The number of aryl methyl sites for hydroxylation is 2.